The van der Waals surface area contributed by atoms with Crippen LogP contribution in [0.15, 0.2) is 16.7 Å². The molecule has 1 aromatic carbocycles. The molecule has 0 spiro atoms. The number of aryl methyl sites for hydroxylation is 1. The molecule has 3 rings (SSSR count). The third-order valence-corrected chi connectivity index (χ3v) is 4.02. The first-order chi connectivity index (χ1) is 9.61. The maximum Gasteiger partial charge on any atom is 0.162 e. The SMILES string of the molecule is Cc1cc2c(cc1-c1c(Br)nc(CN)n1C)OCCO2. The average Bonchev–Trinajstić information content (AvgIpc) is 2.73. The highest BCUT2D eigenvalue weighted by Crippen LogP contribution is 2.39. The van der Waals surface area contributed by atoms with E-state index in [0.717, 1.165) is 38.7 Å². The van der Waals surface area contributed by atoms with Gasteiger partial charge in [0.15, 0.2) is 11.5 Å². The Balaban J connectivity index is 2.17. The van der Waals surface area contributed by atoms with E-state index < -0.39 is 0 Å². The summed E-state index contributed by atoms with van der Waals surface area (Å²) >= 11 is 3.52. The summed E-state index contributed by atoms with van der Waals surface area (Å²) in [5, 5.41) is 0. The van der Waals surface area contributed by atoms with Gasteiger partial charge in [-0.2, -0.15) is 0 Å². The Morgan fingerprint density at radius 1 is 1.30 bits per heavy atom. The van der Waals surface area contributed by atoms with Gasteiger partial charge < -0.3 is 19.8 Å². The molecule has 6 heteroatoms. The molecule has 1 aromatic heterocycles. The highest BCUT2D eigenvalue weighted by molar-refractivity contribution is 9.10. The molecule has 0 fully saturated rings. The van der Waals surface area contributed by atoms with Gasteiger partial charge in [0.2, 0.25) is 0 Å². The third kappa shape index (κ3) is 2.09. The smallest absolute Gasteiger partial charge is 0.162 e. The molecule has 2 N–H and O–H groups in total. The molecule has 2 aromatic rings. The van der Waals surface area contributed by atoms with Crippen molar-refractivity contribution in [1.82, 2.24) is 9.55 Å². The molecule has 0 radical (unpaired) electrons. The number of nitrogens with zero attached hydrogens (tertiary/aromatic N) is 2. The lowest BCUT2D eigenvalue weighted by molar-refractivity contribution is 0.171. The number of halogens is 1. The molecule has 0 saturated heterocycles. The minimum absolute atomic E-state index is 0.401. The van der Waals surface area contributed by atoms with Crippen LogP contribution in [0.3, 0.4) is 0 Å². The van der Waals surface area contributed by atoms with Crippen LogP contribution in [0.25, 0.3) is 11.3 Å². The second-order valence-corrected chi connectivity index (χ2v) is 5.49. The molecule has 0 bridgehead atoms. The van der Waals surface area contributed by atoms with Crippen molar-refractivity contribution in [2.45, 2.75) is 13.5 Å². The summed E-state index contributed by atoms with van der Waals surface area (Å²) in [5.74, 6) is 2.41. The largest absolute Gasteiger partial charge is 0.486 e. The molecule has 2 heterocycles. The zero-order chi connectivity index (χ0) is 14.3. The van der Waals surface area contributed by atoms with Crippen molar-refractivity contribution in [3.63, 3.8) is 0 Å². The number of hydrogen-bond acceptors (Lipinski definition) is 4. The van der Waals surface area contributed by atoms with Crippen molar-refractivity contribution in [3.05, 3.63) is 28.1 Å². The van der Waals surface area contributed by atoms with Gasteiger partial charge >= 0.3 is 0 Å². The Hall–Kier alpha value is -1.53. The Morgan fingerprint density at radius 3 is 2.55 bits per heavy atom. The van der Waals surface area contributed by atoms with Crippen LogP contribution < -0.4 is 15.2 Å². The molecule has 20 heavy (non-hydrogen) atoms. The summed E-state index contributed by atoms with van der Waals surface area (Å²) in [7, 11) is 1.96. The number of imidazole rings is 1. The fourth-order valence-corrected chi connectivity index (χ4v) is 3.11. The molecule has 1 aliphatic rings. The van der Waals surface area contributed by atoms with Crippen LogP contribution in [-0.2, 0) is 13.6 Å². The average molecular weight is 338 g/mol. The van der Waals surface area contributed by atoms with Crippen LogP contribution in [-0.4, -0.2) is 22.8 Å². The fourth-order valence-electron chi connectivity index (χ4n) is 2.43. The van der Waals surface area contributed by atoms with Crippen molar-refractivity contribution in [2.75, 3.05) is 13.2 Å². The predicted molar refractivity (Wildman–Crippen MR) is 80.0 cm³/mol. The quantitative estimate of drug-likeness (QED) is 0.913. The van der Waals surface area contributed by atoms with Gasteiger partial charge in [-0.25, -0.2) is 4.98 Å². The Kier molecular flexibility index (Phi) is 3.43. The summed E-state index contributed by atoms with van der Waals surface area (Å²) < 4.78 is 14.1. The first-order valence-electron chi connectivity index (χ1n) is 6.43. The summed E-state index contributed by atoms with van der Waals surface area (Å²) in [6, 6.07) is 4.01. The number of benzene rings is 1. The first-order valence-corrected chi connectivity index (χ1v) is 7.23. The van der Waals surface area contributed by atoms with E-state index in [2.05, 4.69) is 27.8 Å². The van der Waals surface area contributed by atoms with Crippen molar-refractivity contribution in [2.24, 2.45) is 12.8 Å². The van der Waals surface area contributed by atoms with E-state index in [4.69, 9.17) is 15.2 Å². The van der Waals surface area contributed by atoms with Crippen LogP contribution in [0.4, 0.5) is 0 Å². The van der Waals surface area contributed by atoms with E-state index >= 15 is 0 Å². The number of ether oxygens (including phenoxy) is 2. The molecule has 0 unspecified atom stereocenters. The monoisotopic (exact) mass is 337 g/mol. The van der Waals surface area contributed by atoms with Crippen molar-refractivity contribution in [1.29, 1.82) is 0 Å². The predicted octanol–water partition coefficient (Wildman–Crippen LogP) is 2.39. The van der Waals surface area contributed by atoms with Gasteiger partial charge in [-0.1, -0.05) is 0 Å². The standard InChI is InChI=1S/C14H16BrN3O2/c1-8-5-10-11(20-4-3-19-10)6-9(8)13-14(15)17-12(7-16)18(13)2/h5-6H,3-4,7,16H2,1-2H3. The number of hydrogen-bond donors (Lipinski definition) is 1. The molecule has 0 atom stereocenters. The normalized spacial score (nSPS) is 13.6. The van der Waals surface area contributed by atoms with Gasteiger partial charge in [0, 0.05) is 12.6 Å². The lowest BCUT2D eigenvalue weighted by Crippen LogP contribution is -2.15. The molecule has 106 valence electrons. The van der Waals surface area contributed by atoms with Crippen molar-refractivity contribution < 1.29 is 9.47 Å². The van der Waals surface area contributed by atoms with Gasteiger partial charge in [0.25, 0.3) is 0 Å². The Morgan fingerprint density at radius 2 is 1.95 bits per heavy atom. The number of fused-ring (bicyclic) bond motifs is 1. The van der Waals surface area contributed by atoms with Crippen LogP contribution in [0.2, 0.25) is 0 Å². The maximum absolute atomic E-state index is 5.71. The Labute approximate surface area is 125 Å². The highest BCUT2D eigenvalue weighted by atomic mass is 79.9. The third-order valence-electron chi connectivity index (χ3n) is 3.47. The number of nitrogens with two attached hydrogens (primary N) is 1. The molecule has 0 saturated carbocycles. The second kappa shape index (κ2) is 5.10. The molecular weight excluding hydrogens is 322 g/mol. The molecule has 0 amide bonds. The second-order valence-electron chi connectivity index (χ2n) is 4.74. The van der Waals surface area contributed by atoms with Gasteiger partial charge in [-0.3, -0.25) is 0 Å². The van der Waals surface area contributed by atoms with E-state index in [1.807, 2.05) is 23.7 Å². The van der Waals surface area contributed by atoms with Gasteiger partial charge in [0.1, 0.15) is 23.6 Å². The Bertz CT molecular complexity index is 667. The fraction of sp³-hybridized carbons (Fsp3) is 0.357. The minimum Gasteiger partial charge on any atom is -0.486 e. The maximum atomic E-state index is 5.71. The lowest BCUT2D eigenvalue weighted by Gasteiger charge is -2.20. The van der Waals surface area contributed by atoms with Crippen LogP contribution in [0.5, 0.6) is 11.5 Å². The van der Waals surface area contributed by atoms with Crippen LogP contribution >= 0.6 is 15.9 Å². The van der Waals surface area contributed by atoms with Gasteiger partial charge in [-0.05, 0) is 40.5 Å². The molecular formula is C14H16BrN3O2. The number of rotatable bonds is 2. The molecule has 0 aliphatic carbocycles. The summed E-state index contributed by atoms with van der Waals surface area (Å²) in [4.78, 5) is 4.44. The lowest BCUT2D eigenvalue weighted by atomic mass is 10.0. The summed E-state index contributed by atoms with van der Waals surface area (Å²) in [6.07, 6.45) is 0. The zero-order valence-corrected chi connectivity index (χ0v) is 13.0. The number of aromatic nitrogens is 2. The van der Waals surface area contributed by atoms with Gasteiger partial charge in [0.05, 0.1) is 12.2 Å². The van der Waals surface area contributed by atoms with E-state index in [9.17, 15) is 0 Å². The summed E-state index contributed by atoms with van der Waals surface area (Å²) in [5.41, 5.74) is 8.89. The highest BCUT2D eigenvalue weighted by Gasteiger charge is 2.20. The van der Waals surface area contributed by atoms with Crippen molar-refractivity contribution >= 4 is 15.9 Å². The minimum atomic E-state index is 0.401. The van der Waals surface area contributed by atoms with Crippen LogP contribution in [0, 0.1) is 6.92 Å². The van der Waals surface area contributed by atoms with Gasteiger partial charge in [-0.15, -0.1) is 0 Å². The van der Waals surface area contributed by atoms with Crippen LogP contribution in [0.1, 0.15) is 11.4 Å². The topological polar surface area (TPSA) is 62.3 Å². The molecule has 1 aliphatic heterocycles. The first kappa shape index (κ1) is 13.5. The van der Waals surface area contributed by atoms with E-state index in [-0.39, 0.29) is 0 Å². The zero-order valence-electron chi connectivity index (χ0n) is 11.4. The van der Waals surface area contributed by atoms with Crippen molar-refractivity contribution in [3.8, 4) is 22.8 Å². The molecule has 5 nitrogen and oxygen atoms in total. The van der Waals surface area contributed by atoms with E-state index in [0.29, 0.717) is 19.8 Å². The van der Waals surface area contributed by atoms with E-state index in [1.54, 1.807) is 0 Å². The summed E-state index contributed by atoms with van der Waals surface area (Å²) in [6.45, 7) is 3.63. The van der Waals surface area contributed by atoms with E-state index in [1.165, 1.54) is 0 Å².